The van der Waals surface area contributed by atoms with Gasteiger partial charge in [-0.25, -0.2) is 0 Å². The van der Waals surface area contributed by atoms with Gasteiger partial charge in [-0.1, -0.05) is 12.1 Å². The number of aromatic amines is 1. The molecular weight excluding hydrogens is 336 g/mol. The first-order valence-electron chi connectivity index (χ1n) is 8.07. The molecule has 6 nitrogen and oxygen atoms in total. The summed E-state index contributed by atoms with van der Waals surface area (Å²) in [6.07, 6.45) is 1.85. The van der Waals surface area contributed by atoms with Crippen LogP contribution in [-0.2, 0) is 9.47 Å². The van der Waals surface area contributed by atoms with E-state index in [4.69, 9.17) is 15.2 Å². The maximum Gasteiger partial charge on any atom is 0.0700 e. The average Bonchev–Trinajstić information content (AvgIpc) is 3.09. The standard InChI is InChI=1S/C18H22N4O2S/c1-23-8-9-24-7-6-21-25-15-10-16(13-2-4-14(19)5-3-13)17-12-20-22-18(17)11-15/h2-5,10-12,21H,6-9,19H2,1H3,(H,20,22). The molecule has 132 valence electrons. The van der Waals surface area contributed by atoms with E-state index in [1.807, 2.05) is 30.5 Å². The van der Waals surface area contributed by atoms with Gasteiger partial charge >= 0.3 is 0 Å². The molecule has 0 saturated carbocycles. The number of H-pyrrole nitrogens is 1. The number of aromatic nitrogens is 2. The van der Waals surface area contributed by atoms with Crippen LogP contribution in [-0.4, -0.2) is 43.7 Å². The lowest BCUT2D eigenvalue weighted by molar-refractivity contribution is 0.0738. The third-order valence-corrected chi connectivity index (χ3v) is 4.54. The number of hydrogen-bond donors (Lipinski definition) is 3. The zero-order chi connectivity index (χ0) is 17.5. The smallest absolute Gasteiger partial charge is 0.0700 e. The Kier molecular flexibility index (Phi) is 6.30. The first kappa shape index (κ1) is 17.8. The van der Waals surface area contributed by atoms with Crippen LogP contribution in [0.5, 0.6) is 0 Å². The van der Waals surface area contributed by atoms with E-state index >= 15 is 0 Å². The maximum atomic E-state index is 5.80. The van der Waals surface area contributed by atoms with Crippen molar-refractivity contribution in [2.75, 3.05) is 39.2 Å². The number of benzene rings is 2. The molecule has 0 aliphatic carbocycles. The van der Waals surface area contributed by atoms with Crippen molar-refractivity contribution in [3.05, 3.63) is 42.6 Å². The van der Waals surface area contributed by atoms with Crippen LogP contribution in [0, 0.1) is 0 Å². The molecule has 0 aliphatic rings. The van der Waals surface area contributed by atoms with E-state index < -0.39 is 0 Å². The van der Waals surface area contributed by atoms with Crippen molar-refractivity contribution in [2.24, 2.45) is 0 Å². The third kappa shape index (κ3) is 4.73. The van der Waals surface area contributed by atoms with Gasteiger partial charge in [0.1, 0.15) is 0 Å². The van der Waals surface area contributed by atoms with Gasteiger partial charge < -0.3 is 15.2 Å². The molecule has 0 spiro atoms. The molecule has 2 aromatic carbocycles. The van der Waals surface area contributed by atoms with Crippen molar-refractivity contribution in [1.29, 1.82) is 0 Å². The van der Waals surface area contributed by atoms with Gasteiger partial charge in [-0.15, -0.1) is 0 Å². The molecule has 0 fully saturated rings. The summed E-state index contributed by atoms with van der Waals surface area (Å²) in [6.45, 7) is 2.64. The minimum atomic E-state index is 0.615. The number of ether oxygens (including phenoxy) is 2. The Morgan fingerprint density at radius 3 is 2.80 bits per heavy atom. The molecule has 0 unspecified atom stereocenters. The Bertz CT molecular complexity index is 804. The Morgan fingerprint density at radius 1 is 1.16 bits per heavy atom. The van der Waals surface area contributed by atoms with Crippen LogP contribution < -0.4 is 10.5 Å². The van der Waals surface area contributed by atoms with Gasteiger partial charge in [0.25, 0.3) is 0 Å². The highest BCUT2D eigenvalue weighted by Crippen LogP contribution is 2.32. The molecule has 0 saturated heterocycles. The zero-order valence-corrected chi connectivity index (χ0v) is 14.9. The first-order valence-corrected chi connectivity index (χ1v) is 8.89. The molecule has 7 heteroatoms. The van der Waals surface area contributed by atoms with Crippen LogP contribution >= 0.6 is 11.9 Å². The van der Waals surface area contributed by atoms with Gasteiger partial charge in [0, 0.05) is 29.6 Å². The van der Waals surface area contributed by atoms with Gasteiger partial charge in [0.15, 0.2) is 0 Å². The lowest BCUT2D eigenvalue weighted by Gasteiger charge is -2.09. The minimum absolute atomic E-state index is 0.615. The molecule has 0 radical (unpaired) electrons. The molecule has 4 N–H and O–H groups in total. The summed E-state index contributed by atoms with van der Waals surface area (Å²) in [5.74, 6) is 0. The number of nitrogens with two attached hydrogens (primary N) is 1. The van der Waals surface area contributed by atoms with Gasteiger partial charge in [0.05, 0.1) is 31.5 Å². The summed E-state index contributed by atoms with van der Waals surface area (Å²) >= 11 is 1.58. The minimum Gasteiger partial charge on any atom is -0.399 e. The van der Waals surface area contributed by atoms with Crippen LogP contribution in [0.3, 0.4) is 0 Å². The normalized spacial score (nSPS) is 11.2. The lowest BCUT2D eigenvalue weighted by atomic mass is 10.0. The summed E-state index contributed by atoms with van der Waals surface area (Å²) in [5.41, 5.74) is 9.81. The number of nitrogen functional groups attached to an aromatic ring is 1. The molecule has 25 heavy (non-hydrogen) atoms. The largest absolute Gasteiger partial charge is 0.399 e. The van der Waals surface area contributed by atoms with Crippen molar-refractivity contribution in [3.63, 3.8) is 0 Å². The van der Waals surface area contributed by atoms with Gasteiger partial charge in [-0.2, -0.15) is 5.10 Å². The van der Waals surface area contributed by atoms with Crippen molar-refractivity contribution in [1.82, 2.24) is 14.9 Å². The monoisotopic (exact) mass is 358 g/mol. The third-order valence-electron chi connectivity index (χ3n) is 3.72. The number of rotatable bonds is 9. The van der Waals surface area contributed by atoms with Crippen molar-refractivity contribution in [2.45, 2.75) is 4.90 Å². The van der Waals surface area contributed by atoms with Crippen LogP contribution in [0.4, 0.5) is 5.69 Å². The fourth-order valence-corrected chi connectivity index (χ4v) is 3.18. The summed E-state index contributed by atoms with van der Waals surface area (Å²) in [7, 11) is 1.67. The maximum absolute atomic E-state index is 5.80. The first-order chi connectivity index (χ1) is 12.3. The molecule has 0 aliphatic heterocycles. The fraction of sp³-hybridized carbons (Fsp3) is 0.278. The van der Waals surface area contributed by atoms with Gasteiger partial charge in [-0.3, -0.25) is 9.82 Å². The van der Waals surface area contributed by atoms with Gasteiger partial charge in [0.2, 0.25) is 0 Å². The highest BCUT2D eigenvalue weighted by Gasteiger charge is 2.09. The van der Waals surface area contributed by atoms with E-state index in [0.29, 0.717) is 19.8 Å². The van der Waals surface area contributed by atoms with Crippen LogP contribution in [0.25, 0.3) is 22.0 Å². The van der Waals surface area contributed by atoms with E-state index in [1.54, 1.807) is 19.1 Å². The number of nitrogens with one attached hydrogen (secondary N) is 2. The topological polar surface area (TPSA) is 85.2 Å². The predicted octanol–water partition coefficient (Wildman–Crippen LogP) is 3.07. The van der Waals surface area contributed by atoms with E-state index in [-0.39, 0.29) is 0 Å². The SMILES string of the molecule is COCCOCCNSc1cc(-c2ccc(N)cc2)c2cn[nH]c2c1. The highest BCUT2D eigenvalue weighted by molar-refractivity contribution is 7.97. The summed E-state index contributed by atoms with van der Waals surface area (Å²) in [5, 5.41) is 8.32. The second-order valence-corrected chi connectivity index (χ2v) is 6.49. The van der Waals surface area contributed by atoms with Crippen LogP contribution in [0.2, 0.25) is 0 Å². The number of anilines is 1. The number of nitrogens with zero attached hydrogens (tertiary/aromatic N) is 1. The van der Waals surface area contributed by atoms with Crippen molar-refractivity contribution < 1.29 is 9.47 Å². The Hall–Kier alpha value is -2.06. The highest BCUT2D eigenvalue weighted by atomic mass is 32.2. The summed E-state index contributed by atoms with van der Waals surface area (Å²) < 4.78 is 13.7. The fourth-order valence-electron chi connectivity index (χ4n) is 2.48. The zero-order valence-electron chi connectivity index (χ0n) is 14.1. The summed E-state index contributed by atoms with van der Waals surface area (Å²) in [4.78, 5) is 1.11. The summed E-state index contributed by atoms with van der Waals surface area (Å²) in [6, 6.07) is 12.1. The molecule has 0 bridgehead atoms. The second-order valence-electron chi connectivity index (χ2n) is 5.53. The molecule has 0 amide bonds. The quantitative estimate of drug-likeness (QED) is 0.310. The number of fused-ring (bicyclic) bond motifs is 1. The van der Waals surface area contributed by atoms with Gasteiger partial charge in [-0.05, 0) is 47.3 Å². The van der Waals surface area contributed by atoms with Crippen molar-refractivity contribution in [3.8, 4) is 11.1 Å². The van der Waals surface area contributed by atoms with E-state index in [2.05, 4.69) is 27.1 Å². The predicted molar refractivity (Wildman–Crippen MR) is 102 cm³/mol. The Balaban J connectivity index is 1.68. The second kappa shape index (κ2) is 8.87. The van der Waals surface area contributed by atoms with E-state index in [0.717, 1.165) is 39.2 Å². The Labute approximate surface area is 151 Å². The average molecular weight is 358 g/mol. The van der Waals surface area contributed by atoms with E-state index in [9.17, 15) is 0 Å². The van der Waals surface area contributed by atoms with E-state index in [1.165, 1.54) is 0 Å². The van der Waals surface area contributed by atoms with Crippen LogP contribution in [0.15, 0.2) is 47.5 Å². The molecule has 0 atom stereocenters. The van der Waals surface area contributed by atoms with Crippen LogP contribution in [0.1, 0.15) is 0 Å². The number of hydrogen-bond acceptors (Lipinski definition) is 6. The lowest BCUT2D eigenvalue weighted by Crippen LogP contribution is -2.14. The number of methoxy groups -OCH3 is 1. The molecular formula is C18H22N4O2S. The molecule has 1 aromatic heterocycles. The molecule has 1 heterocycles. The molecule has 3 aromatic rings. The van der Waals surface area contributed by atoms with Crippen molar-refractivity contribution >= 4 is 28.5 Å². The Morgan fingerprint density at radius 2 is 2.00 bits per heavy atom. The molecule has 3 rings (SSSR count).